The van der Waals surface area contributed by atoms with Crippen LogP contribution in [0.1, 0.15) is 6.42 Å². The Morgan fingerprint density at radius 2 is 1.83 bits per heavy atom. The van der Waals surface area contributed by atoms with Gasteiger partial charge in [-0.2, -0.15) is 0 Å². The van der Waals surface area contributed by atoms with Crippen molar-refractivity contribution in [2.24, 2.45) is 0 Å². The third-order valence-corrected chi connectivity index (χ3v) is 4.89. The molecule has 0 bridgehead atoms. The topological polar surface area (TPSA) is 57.6 Å². The van der Waals surface area contributed by atoms with Crippen molar-refractivity contribution in [2.45, 2.75) is 11.3 Å². The van der Waals surface area contributed by atoms with Crippen LogP contribution in [0.5, 0.6) is 0 Å². The van der Waals surface area contributed by atoms with E-state index in [0.717, 1.165) is 16.4 Å². The average Bonchev–Trinajstić information content (AvgIpc) is 2.32. The summed E-state index contributed by atoms with van der Waals surface area (Å²) in [5.74, 6) is -1.96. The molecule has 0 aliphatic heterocycles. The van der Waals surface area contributed by atoms with Crippen LogP contribution in [0, 0.1) is 11.6 Å². The van der Waals surface area contributed by atoms with Crippen molar-refractivity contribution in [3.8, 4) is 0 Å². The maximum Gasteiger partial charge on any atom is 0.243 e. The molecular weight excluding hydrogens is 332 g/mol. The minimum Gasteiger partial charge on any atom is -0.396 e. The van der Waals surface area contributed by atoms with Crippen LogP contribution in [0.3, 0.4) is 0 Å². The number of aliphatic hydroxyl groups excluding tert-OH is 1. The van der Waals surface area contributed by atoms with E-state index < -0.39 is 31.0 Å². The first-order valence-corrected chi connectivity index (χ1v) is 7.25. The van der Waals surface area contributed by atoms with Gasteiger partial charge in [-0.3, -0.25) is 0 Å². The lowest BCUT2D eigenvalue weighted by atomic mass is 10.3. The fraction of sp³-hybridized carbons (Fsp3) is 0.400. The average molecular weight is 344 g/mol. The van der Waals surface area contributed by atoms with Gasteiger partial charge in [-0.15, -0.1) is 0 Å². The van der Waals surface area contributed by atoms with Crippen molar-refractivity contribution in [2.75, 3.05) is 20.2 Å². The molecule has 1 N–H and O–H groups in total. The molecule has 102 valence electrons. The molecule has 18 heavy (non-hydrogen) atoms. The summed E-state index contributed by atoms with van der Waals surface area (Å²) in [5.41, 5.74) is 0. The number of sulfonamides is 1. The monoisotopic (exact) mass is 343 g/mol. The second-order valence-corrected chi connectivity index (χ2v) is 6.44. The van der Waals surface area contributed by atoms with Crippen molar-refractivity contribution >= 4 is 26.0 Å². The third-order valence-electron chi connectivity index (χ3n) is 2.30. The Hall–Kier alpha value is -0.570. The molecule has 0 aliphatic rings. The van der Waals surface area contributed by atoms with Gasteiger partial charge in [-0.1, -0.05) is 0 Å². The van der Waals surface area contributed by atoms with E-state index in [1.165, 1.54) is 7.05 Å². The van der Waals surface area contributed by atoms with Gasteiger partial charge in [-0.25, -0.2) is 21.5 Å². The molecule has 0 radical (unpaired) electrons. The quantitative estimate of drug-likeness (QED) is 0.828. The van der Waals surface area contributed by atoms with Gasteiger partial charge < -0.3 is 5.11 Å². The third kappa shape index (κ3) is 3.25. The molecule has 4 nitrogen and oxygen atoms in total. The Labute approximate surface area is 112 Å². The molecule has 8 heteroatoms. The van der Waals surface area contributed by atoms with Gasteiger partial charge >= 0.3 is 0 Å². The number of hydrogen-bond acceptors (Lipinski definition) is 3. The Morgan fingerprint density at radius 1 is 1.33 bits per heavy atom. The van der Waals surface area contributed by atoms with Gasteiger partial charge in [-0.05, 0) is 34.5 Å². The smallest absolute Gasteiger partial charge is 0.243 e. The number of hydrogen-bond donors (Lipinski definition) is 1. The number of benzene rings is 1. The van der Waals surface area contributed by atoms with Crippen LogP contribution in [-0.2, 0) is 10.0 Å². The largest absolute Gasteiger partial charge is 0.396 e. The van der Waals surface area contributed by atoms with E-state index in [-0.39, 0.29) is 19.6 Å². The second-order valence-electron chi connectivity index (χ2n) is 3.60. The summed E-state index contributed by atoms with van der Waals surface area (Å²) in [6, 6.07) is 1.50. The van der Waals surface area contributed by atoms with Crippen LogP contribution < -0.4 is 0 Å². The number of aliphatic hydroxyl groups is 1. The van der Waals surface area contributed by atoms with Gasteiger partial charge in [0.1, 0.15) is 11.6 Å². The molecule has 0 spiro atoms. The molecule has 0 fully saturated rings. The van der Waals surface area contributed by atoms with Crippen LogP contribution >= 0.6 is 15.9 Å². The van der Waals surface area contributed by atoms with E-state index >= 15 is 0 Å². The minimum atomic E-state index is -3.95. The molecule has 0 atom stereocenters. The normalized spacial score (nSPS) is 12.1. The lowest BCUT2D eigenvalue weighted by molar-refractivity contribution is 0.275. The Morgan fingerprint density at radius 3 is 2.28 bits per heavy atom. The van der Waals surface area contributed by atoms with Gasteiger partial charge in [0.2, 0.25) is 10.0 Å². The zero-order valence-electron chi connectivity index (χ0n) is 9.53. The van der Waals surface area contributed by atoms with Crippen molar-refractivity contribution in [1.29, 1.82) is 0 Å². The summed E-state index contributed by atoms with van der Waals surface area (Å²) >= 11 is 2.67. The molecule has 0 aromatic heterocycles. The van der Waals surface area contributed by atoms with E-state index in [2.05, 4.69) is 15.9 Å². The first-order chi connectivity index (χ1) is 8.30. The van der Waals surface area contributed by atoms with E-state index in [4.69, 9.17) is 5.11 Å². The second kappa shape index (κ2) is 6.05. The van der Waals surface area contributed by atoms with Gasteiger partial charge in [0.25, 0.3) is 0 Å². The molecule has 0 aliphatic carbocycles. The molecule has 1 aromatic carbocycles. The number of halogens is 3. The van der Waals surface area contributed by atoms with E-state index in [9.17, 15) is 17.2 Å². The summed E-state index contributed by atoms with van der Waals surface area (Å²) in [7, 11) is -2.67. The van der Waals surface area contributed by atoms with Crippen LogP contribution in [0.25, 0.3) is 0 Å². The van der Waals surface area contributed by atoms with Crippen LogP contribution in [0.15, 0.2) is 21.5 Å². The zero-order chi connectivity index (χ0) is 13.9. The first kappa shape index (κ1) is 15.5. The van der Waals surface area contributed by atoms with Crippen molar-refractivity contribution < 1.29 is 22.3 Å². The SMILES string of the molecule is CN(CCCO)S(=O)(=O)c1cc(F)c(Br)c(F)c1. The fourth-order valence-electron chi connectivity index (χ4n) is 1.27. The van der Waals surface area contributed by atoms with Crippen molar-refractivity contribution in [3.63, 3.8) is 0 Å². The van der Waals surface area contributed by atoms with Crippen LogP contribution in [-0.4, -0.2) is 38.0 Å². The highest BCUT2D eigenvalue weighted by Gasteiger charge is 2.23. The summed E-state index contributed by atoms with van der Waals surface area (Å²) < 4.78 is 51.0. The number of rotatable bonds is 5. The van der Waals surface area contributed by atoms with Crippen LogP contribution in [0.4, 0.5) is 8.78 Å². The van der Waals surface area contributed by atoms with E-state index in [1.54, 1.807) is 0 Å². The highest BCUT2D eigenvalue weighted by molar-refractivity contribution is 9.10. The Balaban J connectivity index is 3.13. The first-order valence-electron chi connectivity index (χ1n) is 5.02. The summed E-state index contributed by atoms with van der Waals surface area (Å²) in [6.45, 7) is -0.0962. The molecule has 1 aromatic rings. The van der Waals surface area contributed by atoms with Gasteiger partial charge in [0.05, 0.1) is 9.37 Å². The van der Waals surface area contributed by atoms with Gasteiger partial charge in [0.15, 0.2) is 0 Å². The predicted molar refractivity (Wildman–Crippen MR) is 65.6 cm³/mol. The molecule has 0 amide bonds. The Kier molecular flexibility index (Phi) is 5.20. The maximum absolute atomic E-state index is 13.3. The van der Waals surface area contributed by atoms with Gasteiger partial charge in [0, 0.05) is 20.2 Å². The summed E-state index contributed by atoms with van der Waals surface area (Å²) in [6.07, 6.45) is 0.247. The van der Waals surface area contributed by atoms with Crippen molar-refractivity contribution in [1.82, 2.24) is 4.31 Å². The molecule has 0 saturated carbocycles. The predicted octanol–water partition coefficient (Wildman–Crippen LogP) is 1.73. The fourth-order valence-corrected chi connectivity index (χ4v) is 2.74. The highest BCUT2D eigenvalue weighted by Crippen LogP contribution is 2.25. The molecule has 0 heterocycles. The van der Waals surface area contributed by atoms with Crippen LogP contribution in [0.2, 0.25) is 0 Å². The summed E-state index contributed by atoms with van der Waals surface area (Å²) in [5, 5.41) is 8.63. The standard InChI is InChI=1S/C10H12BrF2NO3S/c1-14(3-2-4-15)18(16,17)7-5-8(12)10(11)9(13)6-7/h5-6,15H,2-4H2,1H3. The lowest BCUT2D eigenvalue weighted by Gasteiger charge is -2.16. The molecule has 0 saturated heterocycles. The molecular formula is C10H12BrF2NO3S. The highest BCUT2D eigenvalue weighted by atomic mass is 79.9. The molecule has 0 unspecified atom stereocenters. The summed E-state index contributed by atoms with van der Waals surface area (Å²) in [4.78, 5) is -0.457. The van der Waals surface area contributed by atoms with Crippen molar-refractivity contribution in [3.05, 3.63) is 28.2 Å². The van der Waals surface area contributed by atoms with E-state index in [0.29, 0.717) is 0 Å². The lowest BCUT2D eigenvalue weighted by Crippen LogP contribution is -2.28. The van der Waals surface area contributed by atoms with E-state index in [1.807, 2.05) is 0 Å². The zero-order valence-corrected chi connectivity index (χ0v) is 11.9. The molecule has 1 rings (SSSR count). The number of nitrogens with zero attached hydrogens (tertiary/aromatic N) is 1. The maximum atomic E-state index is 13.3. The minimum absolute atomic E-state index is 0.0676. The Bertz CT molecular complexity index is 513.